The number of halogens is 1. The van der Waals surface area contributed by atoms with Gasteiger partial charge in [0.15, 0.2) is 0 Å². The molecular formula is C13H14BrNO4S. The van der Waals surface area contributed by atoms with Crippen molar-refractivity contribution in [2.45, 2.75) is 6.10 Å². The molecule has 0 bridgehead atoms. The standard InChI is InChI=1S/C13H14BrNO4S/c1-17-7-4-8(18-2)11(9(5-7)19-3)12(16)13-15-10(14)6-20-13/h4-6,12,16H,1-3H3. The first-order chi connectivity index (χ1) is 9.60. The molecular weight excluding hydrogens is 346 g/mol. The van der Waals surface area contributed by atoms with Gasteiger partial charge < -0.3 is 19.3 Å². The average molecular weight is 360 g/mol. The maximum Gasteiger partial charge on any atom is 0.138 e. The summed E-state index contributed by atoms with van der Waals surface area (Å²) in [6.45, 7) is 0. The minimum absolute atomic E-state index is 0.486. The van der Waals surface area contributed by atoms with Gasteiger partial charge in [-0.05, 0) is 15.9 Å². The number of nitrogens with zero attached hydrogens (tertiary/aromatic N) is 1. The van der Waals surface area contributed by atoms with Gasteiger partial charge in [-0.1, -0.05) is 0 Å². The molecule has 0 aliphatic carbocycles. The summed E-state index contributed by atoms with van der Waals surface area (Å²) >= 11 is 4.62. The molecule has 1 heterocycles. The molecule has 108 valence electrons. The zero-order chi connectivity index (χ0) is 14.7. The van der Waals surface area contributed by atoms with E-state index in [2.05, 4.69) is 20.9 Å². The van der Waals surface area contributed by atoms with E-state index < -0.39 is 6.10 Å². The minimum atomic E-state index is -0.929. The SMILES string of the molecule is COc1cc(OC)c(C(O)c2nc(Br)cs2)c(OC)c1. The maximum atomic E-state index is 10.5. The lowest BCUT2D eigenvalue weighted by Crippen LogP contribution is -2.05. The lowest BCUT2D eigenvalue weighted by molar-refractivity contribution is 0.207. The van der Waals surface area contributed by atoms with E-state index in [0.717, 1.165) is 0 Å². The highest BCUT2D eigenvalue weighted by atomic mass is 79.9. The Labute approximate surface area is 129 Å². The number of hydrogen-bond donors (Lipinski definition) is 1. The third-order valence-corrected chi connectivity index (χ3v) is 4.36. The fourth-order valence-corrected chi connectivity index (χ4v) is 3.08. The number of rotatable bonds is 5. The second kappa shape index (κ2) is 6.43. The predicted molar refractivity (Wildman–Crippen MR) is 80.0 cm³/mol. The summed E-state index contributed by atoms with van der Waals surface area (Å²) in [6.07, 6.45) is -0.929. The molecule has 1 atom stereocenters. The van der Waals surface area contributed by atoms with Crippen molar-refractivity contribution >= 4 is 27.3 Å². The number of hydrogen-bond acceptors (Lipinski definition) is 6. The van der Waals surface area contributed by atoms with E-state index in [-0.39, 0.29) is 0 Å². The summed E-state index contributed by atoms with van der Waals surface area (Å²) < 4.78 is 16.5. The zero-order valence-electron chi connectivity index (χ0n) is 11.2. The zero-order valence-corrected chi connectivity index (χ0v) is 13.6. The van der Waals surface area contributed by atoms with Crippen LogP contribution in [0.4, 0.5) is 0 Å². The minimum Gasteiger partial charge on any atom is -0.496 e. The van der Waals surface area contributed by atoms with Crippen LogP contribution in [0.25, 0.3) is 0 Å². The third-order valence-electron chi connectivity index (χ3n) is 2.75. The van der Waals surface area contributed by atoms with E-state index in [9.17, 15) is 5.11 Å². The highest BCUT2D eigenvalue weighted by Gasteiger charge is 2.24. The van der Waals surface area contributed by atoms with Crippen molar-refractivity contribution in [2.75, 3.05) is 21.3 Å². The Bertz CT molecular complexity index is 577. The normalized spacial score (nSPS) is 12.1. The average Bonchev–Trinajstić information content (AvgIpc) is 2.91. The van der Waals surface area contributed by atoms with Gasteiger partial charge in [0.1, 0.15) is 33.0 Å². The lowest BCUT2D eigenvalue weighted by atomic mass is 10.1. The Hall–Kier alpha value is -1.31. The molecule has 1 N–H and O–H groups in total. The maximum absolute atomic E-state index is 10.5. The Balaban J connectivity index is 2.53. The van der Waals surface area contributed by atoms with Gasteiger partial charge in [-0.25, -0.2) is 4.98 Å². The van der Waals surface area contributed by atoms with Crippen LogP contribution < -0.4 is 14.2 Å². The van der Waals surface area contributed by atoms with Gasteiger partial charge in [0, 0.05) is 17.5 Å². The Morgan fingerprint density at radius 1 is 1.15 bits per heavy atom. The summed E-state index contributed by atoms with van der Waals surface area (Å²) in [5, 5.41) is 12.9. The van der Waals surface area contributed by atoms with Gasteiger partial charge in [-0.3, -0.25) is 0 Å². The molecule has 1 unspecified atom stereocenters. The molecule has 0 aliphatic rings. The second-order valence-corrected chi connectivity index (χ2v) is 5.56. The molecule has 2 aromatic rings. The third kappa shape index (κ3) is 2.89. The summed E-state index contributed by atoms with van der Waals surface area (Å²) in [5.41, 5.74) is 0.526. The number of aliphatic hydroxyl groups excluding tert-OH is 1. The van der Waals surface area contributed by atoms with Crippen molar-refractivity contribution in [2.24, 2.45) is 0 Å². The molecule has 0 radical (unpaired) electrons. The Morgan fingerprint density at radius 3 is 2.15 bits per heavy atom. The molecule has 1 aromatic carbocycles. The molecule has 0 saturated carbocycles. The van der Waals surface area contributed by atoms with Crippen molar-refractivity contribution in [1.29, 1.82) is 0 Å². The van der Waals surface area contributed by atoms with E-state index >= 15 is 0 Å². The largest absolute Gasteiger partial charge is 0.496 e. The van der Waals surface area contributed by atoms with E-state index in [4.69, 9.17) is 14.2 Å². The van der Waals surface area contributed by atoms with Crippen LogP contribution in [-0.2, 0) is 0 Å². The van der Waals surface area contributed by atoms with Crippen LogP contribution in [0.2, 0.25) is 0 Å². The first kappa shape index (κ1) is 15.1. The van der Waals surface area contributed by atoms with Gasteiger partial charge in [0.05, 0.1) is 26.9 Å². The first-order valence-electron chi connectivity index (χ1n) is 5.69. The number of benzene rings is 1. The van der Waals surface area contributed by atoms with Gasteiger partial charge in [-0.15, -0.1) is 11.3 Å². The molecule has 0 amide bonds. The topological polar surface area (TPSA) is 60.8 Å². The van der Waals surface area contributed by atoms with Gasteiger partial charge in [-0.2, -0.15) is 0 Å². The lowest BCUT2D eigenvalue weighted by Gasteiger charge is -2.18. The molecule has 0 spiro atoms. The van der Waals surface area contributed by atoms with E-state index in [1.54, 1.807) is 24.6 Å². The van der Waals surface area contributed by atoms with Crippen LogP contribution >= 0.6 is 27.3 Å². The van der Waals surface area contributed by atoms with Crippen molar-refractivity contribution < 1.29 is 19.3 Å². The summed E-state index contributed by atoms with van der Waals surface area (Å²) in [4.78, 5) is 4.22. The van der Waals surface area contributed by atoms with E-state index in [1.165, 1.54) is 25.6 Å². The molecule has 5 nitrogen and oxygen atoms in total. The number of aromatic nitrogens is 1. The Kier molecular flexibility index (Phi) is 4.85. The highest BCUT2D eigenvalue weighted by Crippen LogP contribution is 2.41. The molecule has 0 saturated heterocycles. The van der Waals surface area contributed by atoms with Gasteiger partial charge in [0.2, 0.25) is 0 Å². The summed E-state index contributed by atoms with van der Waals surface area (Å²) in [7, 11) is 4.62. The number of thiazole rings is 1. The molecule has 20 heavy (non-hydrogen) atoms. The molecule has 1 aromatic heterocycles. The first-order valence-corrected chi connectivity index (χ1v) is 7.36. The molecule has 2 rings (SSSR count). The van der Waals surface area contributed by atoms with Crippen LogP contribution in [0.1, 0.15) is 16.7 Å². The van der Waals surface area contributed by atoms with E-state index in [0.29, 0.717) is 32.4 Å². The molecule has 0 fully saturated rings. The van der Waals surface area contributed by atoms with Crippen LogP contribution in [0, 0.1) is 0 Å². The van der Waals surface area contributed by atoms with Crippen LogP contribution in [0.3, 0.4) is 0 Å². The van der Waals surface area contributed by atoms with Crippen LogP contribution in [0.15, 0.2) is 22.1 Å². The summed E-state index contributed by atoms with van der Waals surface area (Å²) in [5.74, 6) is 1.56. The molecule has 7 heteroatoms. The fourth-order valence-electron chi connectivity index (χ4n) is 1.82. The van der Waals surface area contributed by atoms with E-state index in [1.807, 2.05) is 0 Å². The Morgan fingerprint density at radius 2 is 1.75 bits per heavy atom. The fraction of sp³-hybridized carbons (Fsp3) is 0.308. The van der Waals surface area contributed by atoms with Gasteiger partial charge in [0.25, 0.3) is 0 Å². The van der Waals surface area contributed by atoms with Crippen molar-refractivity contribution in [3.63, 3.8) is 0 Å². The van der Waals surface area contributed by atoms with Crippen LogP contribution in [0.5, 0.6) is 17.2 Å². The van der Waals surface area contributed by atoms with Crippen molar-refractivity contribution in [3.05, 3.63) is 32.7 Å². The monoisotopic (exact) mass is 359 g/mol. The number of aliphatic hydroxyl groups is 1. The summed E-state index contributed by atoms with van der Waals surface area (Å²) in [6, 6.07) is 3.40. The van der Waals surface area contributed by atoms with Crippen molar-refractivity contribution in [1.82, 2.24) is 4.98 Å². The quantitative estimate of drug-likeness (QED) is 0.888. The van der Waals surface area contributed by atoms with Crippen molar-refractivity contribution in [3.8, 4) is 17.2 Å². The number of methoxy groups -OCH3 is 3. The molecule has 0 aliphatic heterocycles. The van der Waals surface area contributed by atoms with Crippen LogP contribution in [-0.4, -0.2) is 31.4 Å². The predicted octanol–water partition coefficient (Wildman–Crippen LogP) is 3.01. The highest BCUT2D eigenvalue weighted by molar-refractivity contribution is 9.10. The smallest absolute Gasteiger partial charge is 0.138 e. The van der Waals surface area contributed by atoms with Gasteiger partial charge >= 0.3 is 0 Å². The second-order valence-electron chi connectivity index (χ2n) is 3.86. The number of ether oxygens (including phenoxy) is 3.